The molecule has 0 aromatic carbocycles. The Bertz CT molecular complexity index is 308. The first-order valence-electron chi connectivity index (χ1n) is 5.88. The molecule has 0 radical (unpaired) electrons. The molecule has 84 valence electrons. The maximum atomic E-state index is 4.47. The van der Waals surface area contributed by atoms with Crippen molar-refractivity contribution in [3.63, 3.8) is 0 Å². The second-order valence-electron chi connectivity index (χ2n) is 4.60. The second-order valence-corrected chi connectivity index (χ2v) is 5.78. The first-order valence-corrected chi connectivity index (χ1v) is 6.80. The van der Waals surface area contributed by atoms with E-state index >= 15 is 0 Å². The van der Waals surface area contributed by atoms with Gasteiger partial charge in [-0.15, -0.1) is 0 Å². The molecule has 0 amide bonds. The Balaban J connectivity index is 1.97. The number of hydrogen-bond donors (Lipinski definition) is 0. The van der Waals surface area contributed by atoms with Crippen molar-refractivity contribution in [1.82, 2.24) is 9.78 Å². The Kier molecular flexibility index (Phi) is 3.84. The average molecular weight is 271 g/mol. The summed E-state index contributed by atoms with van der Waals surface area (Å²) in [6.07, 6.45) is 10.0. The molecule has 1 aromatic rings. The van der Waals surface area contributed by atoms with Crippen LogP contribution in [0.15, 0.2) is 12.3 Å². The highest BCUT2D eigenvalue weighted by Crippen LogP contribution is 2.30. The molecule has 1 aliphatic rings. The molecule has 0 saturated heterocycles. The van der Waals surface area contributed by atoms with Gasteiger partial charge in [-0.2, -0.15) is 5.10 Å². The fraction of sp³-hybridized carbons (Fsp3) is 0.750. The first kappa shape index (κ1) is 11.2. The SMILES string of the molecule is Cn1ccc(CC2CCCCCC2Br)n1. The van der Waals surface area contributed by atoms with E-state index in [1.54, 1.807) is 0 Å². The smallest absolute Gasteiger partial charge is 0.0627 e. The normalized spacial score (nSPS) is 27.6. The number of aromatic nitrogens is 2. The summed E-state index contributed by atoms with van der Waals surface area (Å²) in [7, 11) is 1.99. The predicted molar refractivity (Wildman–Crippen MR) is 66.2 cm³/mol. The van der Waals surface area contributed by atoms with E-state index in [0.717, 1.165) is 12.3 Å². The number of aryl methyl sites for hydroxylation is 1. The van der Waals surface area contributed by atoms with Crippen LogP contribution in [-0.4, -0.2) is 14.6 Å². The summed E-state index contributed by atoms with van der Waals surface area (Å²) in [6.45, 7) is 0. The lowest BCUT2D eigenvalue weighted by Crippen LogP contribution is -2.15. The molecule has 1 fully saturated rings. The lowest BCUT2D eigenvalue weighted by atomic mass is 9.95. The van der Waals surface area contributed by atoms with Crippen LogP contribution >= 0.6 is 15.9 Å². The van der Waals surface area contributed by atoms with Crippen molar-refractivity contribution in [3.8, 4) is 0 Å². The van der Waals surface area contributed by atoms with Crippen LogP contribution in [0.2, 0.25) is 0 Å². The highest BCUT2D eigenvalue weighted by atomic mass is 79.9. The van der Waals surface area contributed by atoms with E-state index in [9.17, 15) is 0 Å². The van der Waals surface area contributed by atoms with Crippen LogP contribution in [-0.2, 0) is 13.5 Å². The third-order valence-corrected chi connectivity index (χ3v) is 4.51. The van der Waals surface area contributed by atoms with E-state index in [1.165, 1.54) is 37.8 Å². The highest BCUT2D eigenvalue weighted by molar-refractivity contribution is 9.09. The number of nitrogens with zero attached hydrogens (tertiary/aromatic N) is 2. The zero-order valence-electron chi connectivity index (χ0n) is 9.32. The Morgan fingerprint density at radius 3 is 2.93 bits per heavy atom. The Morgan fingerprint density at radius 1 is 1.40 bits per heavy atom. The van der Waals surface area contributed by atoms with Crippen molar-refractivity contribution < 1.29 is 0 Å². The van der Waals surface area contributed by atoms with Crippen LogP contribution in [0.1, 0.15) is 37.8 Å². The van der Waals surface area contributed by atoms with E-state index in [0.29, 0.717) is 4.83 Å². The Hall–Kier alpha value is -0.310. The van der Waals surface area contributed by atoms with E-state index in [2.05, 4.69) is 27.1 Å². The van der Waals surface area contributed by atoms with Gasteiger partial charge in [-0.05, 0) is 31.2 Å². The summed E-state index contributed by atoms with van der Waals surface area (Å²) < 4.78 is 1.90. The fourth-order valence-corrected chi connectivity index (χ4v) is 3.18. The molecular weight excluding hydrogens is 252 g/mol. The minimum Gasteiger partial charge on any atom is -0.276 e. The van der Waals surface area contributed by atoms with Crippen LogP contribution in [0.3, 0.4) is 0 Å². The average Bonchev–Trinajstić information content (AvgIpc) is 2.50. The van der Waals surface area contributed by atoms with Crippen molar-refractivity contribution in [1.29, 1.82) is 0 Å². The van der Waals surface area contributed by atoms with Crippen LogP contribution in [0.5, 0.6) is 0 Å². The number of alkyl halides is 1. The van der Waals surface area contributed by atoms with Gasteiger partial charge in [0.1, 0.15) is 0 Å². The third kappa shape index (κ3) is 3.07. The van der Waals surface area contributed by atoms with Gasteiger partial charge in [0.05, 0.1) is 5.69 Å². The molecule has 1 aliphatic carbocycles. The molecule has 1 heterocycles. The van der Waals surface area contributed by atoms with Gasteiger partial charge in [0.2, 0.25) is 0 Å². The fourth-order valence-electron chi connectivity index (χ4n) is 2.41. The maximum absolute atomic E-state index is 4.47. The van der Waals surface area contributed by atoms with Crippen LogP contribution in [0, 0.1) is 5.92 Å². The summed E-state index contributed by atoms with van der Waals surface area (Å²) in [5.41, 5.74) is 1.24. The van der Waals surface area contributed by atoms with Gasteiger partial charge in [-0.1, -0.05) is 35.2 Å². The van der Waals surface area contributed by atoms with Gasteiger partial charge in [0.15, 0.2) is 0 Å². The minimum absolute atomic E-state index is 0.696. The molecule has 2 unspecified atom stereocenters. The molecule has 1 aromatic heterocycles. The van der Waals surface area contributed by atoms with Gasteiger partial charge < -0.3 is 0 Å². The van der Waals surface area contributed by atoms with Crippen LogP contribution < -0.4 is 0 Å². The zero-order chi connectivity index (χ0) is 10.7. The molecule has 0 aliphatic heterocycles. The summed E-state index contributed by atoms with van der Waals surface area (Å²) >= 11 is 3.83. The molecule has 15 heavy (non-hydrogen) atoms. The molecule has 0 N–H and O–H groups in total. The van der Waals surface area contributed by atoms with E-state index in [4.69, 9.17) is 0 Å². The third-order valence-electron chi connectivity index (χ3n) is 3.31. The summed E-state index contributed by atoms with van der Waals surface area (Å²) in [6, 6.07) is 2.14. The second kappa shape index (κ2) is 5.15. The van der Waals surface area contributed by atoms with E-state index < -0.39 is 0 Å². The molecule has 1 saturated carbocycles. The minimum atomic E-state index is 0.696. The monoisotopic (exact) mass is 270 g/mol. The van der Waals surface area contributed by atoms with E-state index in [-0.39, 0.29) is 0 Å². The molecule has 2 nitrogen and oxygen atoms in total. The van der Waals surface area contributed by atoms with Crippen LogP contribution in [0.25, 0.3) is 0 Å². The summed E-state index contributed by atoms with van der Waals surface area (Å²) in [4.78, 5) is 0.696. The first-order chi connectivity index (χ1) is 7.25. The van der Waals surface area contributed by atoms with Crippen LogP contribution in [0.4, 0.5) is 0 Å². The predicted octanol–water partition coefficient (Wildman–Crippen LogP) is 3.31. The van der Waals surface area contributed by atoms with Crippen molar-refractivity contribution in [3.05, 3.63) is 18.0 Å². The standard InChI is InChI=1S/C12H19BrN2/c1-15-8-7-11(14-15)9-10-5-3-2-4-6-12(10)13/h7-8,10,12H,2-6,9H2,1H3. The number of rotatable bonds is 2. The van der Waals surface area contributed by atoms with Gasteiger partial charge in [0, 0.05) is 18.1 Å². The Labute approximate surface area is 100 Å². The van der Waals surface area contributed by atoms with Gasteiger partial charge in [0.25, 0.3) is 0 Å². The lowest BCUT2D eigenvalue weighted by Gasteiger charge is -2.18. The quantitative estimate of drug-likeness (QED) is 0.596. The van der Waals surface area contributed by atoms with Crippen molar-refractivity contribution >= 4 is 15.9 Å². The van der Waals surface area contributed by atoms with Gasteiger partial charge in [-0.3, -0.25) is 4.68 Å². The molecular formula is C12H19BrN2. The lowest BCUT2D eigenvalue weighted by molar-refractivity contribution is 0.468. The number of hydrogen-bond acceptors (Lipinski definition) is 1. The Morgan fingerprint density at radius 2 is 2.20 bits per heavy atom. The van der Waals surface area contributed by atoms with Crippen molar-refractivity contribution in [2.24, 2.45) is 13.0 Å². The summed E-state index contributed by atoms with van der Waals surface area (Å²) in [5.74, 6) is 0.780. The summed E-state index contributed by atoms with van der Waals surface area (Å²) in [5, 5.41) is 4.47. The van der Waals surface area contributed by atoms with E-state index in [1.807, 2.05) is 17.9 Å². The van der Waals surface area contributed by atoms with Gasteiger partial charge >= 0.3 is 0 Å². The molecule has 0 bridgehead atoms. The molecule has 3 heteroatoms. The molecule has 2 rings (SSSR count). The van der Waals surface area contributed by atoms with Crippen molar-refractivity contribution in [2.45, 2.75) is 43.4 Å². The maximum Gasteiger partial charge on any atom is 0.0627 e. The largest absolute Gasteiger partial charge is 0.276 e. The molecule has 0 spiro atoms. The van der Waals surface area contributed by atoms with Crippen molar-refractivity contribution in [2.75, 3.05) is 0 Å². The molecule has 2 atom stereocenters. The number of halogens is 1. The van der Waals surface area contributed by atoms with Gasteiger partial charge in [-0.25, -0.2) is 0 Å². The highest BCUT2D eigenvalue weighted by Gasteiger charge is 2.22. The zero-order valence-corrected chi connectivity index (χ0v) is 10.9. The topological polar surface area (TPSA) is 17.8 Å².